The Morgan fingerprint density at radius 2 is 1.25 bits per heavy atom. The van der Waals surface area contributed by atoms with Crippen LogP contribution in [-0.4, -0.2) is 25.8 Å². The van der Waals surface area contributed by atoms with Gasteiger partial charge in [-0.3, -0.25) is 19.8 Å². The first-order chi connectivity index (χ1) is 13.6. The molecule has 7 nitrogen and oxygen atoms in total. The van der Waals surface area contributed by atoms with Crippen molar-refractivity contribution in [3.8, 4) is 11.4 Å². The van der Waals surface area contributed by atoms with Crippen LogP contribution in [0.25, 0.3) is 11.4 Å². The Morgan fingerprint density at radius 1 is 0.750 bits per heavy atom. The van der Waals surface area contributed by atoms with Gasteiger partial charge in [0.05, 0.1) is 22.6 Å². The fraction of sp³-hybridized carbons (Fsp3) is 0.0952. The van der Waals surface area contributed by atoms with Crippen LogP contribution in [0.4, 0.5) is 5.69 Å². The van der Waals surface area contributed by atoms with Gasteiger partial charge in [-0.1, -0.05) is 36.4 Å². The van der Waals surface area contributed by atoms with E-state index >= 15 is 0 Å². The summed E-state index contributed by atoms with van der Waals surface area (Å²) in [5, 5.41) is 6.07. The zero-order chi connectivity index (χ0) is 19.7. The fourth-order valence-electron chi connectivity index (χ4n) is 3.05. The second kappa shape index (κ2) is 7.03. The molecular formula is C21H19N5O2. The van der Waals surface area contributed by atoms with E-state index in [0.29, 0.717) is 17.0 Å². The third-order valence-corrected chi connectivity index (χ3v) is 4.51. The van der Waals surface area contributed by atoms with Crippen LogP contribution < -0.4 is 11.1 Å². The summed E-state index contributed by atoms with van der Waals surface area (Å²) in [6.07, 6.45) is 1.44. The van der Waals surface area contributed by atoms with E-state index in [2.05, 4.69) is 15.2 Å². The molecule has 0 amide bonds. The molecule has 0 spiro atoms. The van der Waals surface area contributed by atoms with Crippen molar-refractivity contribution in [1.82, 2.24) is 19.6 Å². The number of nitrogens with one attached hydrogen (secondary N) is 2. The molecule has 7 heteroatoms. The maximum atomic E-state index is 12.8. The predicted molar refractivity (Wildman–Crippen MR) is 110 cm³/mol. The number of aliphatic imine (C=N–C) groups is 1. The molecule has 0 saturated carbocycles. The summed E-state index contributed by atoms with van der Waals surface area (Å²) in [6.45, 7) is 3.58. The lowest BCUT2D eigenvalue weighted by Crippen LogP contribution is -2.17. The number of benzene rings is 2. The van der Waals surface area contributed by atoms with Gasteiger partial charge in [0.25, 0.3) is 11.1 Å². The normalized spacial score (nSPS) is 11.4. The minimum Gasteiger partial charge on any atom is -0.295 e. The highest BCUT2D eigenvalue weighted by molar-refractivity contribution is 5.83. The van der Waals surface area contributed by atoms with E-state index in [-0.39, 0.29) is 16.8 Å². The summed E-state index contributed by atoms with van der Waals surface area (Å²) in [6, 6.07) is 18.6. The van der Waals surface area contributed by atoms with E-state index in [1.807, 2.05) is 60.7 Å². The monoisotopic (exact) mass is 373 g/mol. The zero-order valence-electron chi connectivity index (χ0n) is 15.5. The molecule has 0 aliphatic heterocycles. The first kappa shape index (κ1) is 17.5. The molecule has 0 saturated heterocycles. The maximum absolute atomic E-state index is 12.8. The molecule has 0 aliphatic carbocycles. The predicted octanol–water partition coefficient (Wildman–Crippen LogP) is 3.01. The van der Waals surface area contributed by atoms with Crippen molar-refractivity contribution in [3.05, 3.63) is 98.3 Å². The van der Waals surface area contributed by atoms with E-state index in [1.165, 1.54) is 15.6 Å². The lowest BCUT2D eigenvalue weighted by molar-refractivity contribution is 0.835. The Bertz CT molecular complexity index is 1160. The Labute approximate surface area is 160 Å². The molecule has 0 aliphatic rings. The maximum Gasteiger partial charge on any atom is 0.297 e. The molecule has 0 atom stereocenters. The van der Waals surface area contributed by atoms with Gasteiger partial charge >= 0.3 is 0 Å². The molecule has 4 aromatic rings. The van der Waals surface area contributed by atoms with Crippen molar-refractivity contribution >= 4 is 11.9 Å². The third-order valence-electron chi connectivity index (χ3n) is 4.51. The number of H-pyrrole nitrogens is 2. The van der Waals surface area contributed by atoms with Crippen LogP contribution in [0.3, 0.4) is 0 Å². The van der Waals surface area contributed by atoms with Gasteiger partial charge in [0.1, 0.15) is 0 Å². The number of hydrogen-bond donors (Lipinski definition) is 2. The van der Waals surface area contributed by atoms with E-state index in [4.69, 9.17) is 0 Å². The Kier molecular flexibility index (Phi) is 4.41. The first-order valence-electron chi connectivity index (χ1n) is 8.84. The molecule has 2 N–H and O–H groups in total. The van der Waals surface area contributed by atoms with Crippen LogP contribution in [0.5, 0.6) is 0 Å². The average molecular weight is 373 g/mol. The number of para-hydroxylation sites is 2. The lowest BCUT2D eigenvalue weighted by Gasteiger charge is -1.99. The third kappa shape index (κ3) is 3.03. The van der Waals surface area contributed by atoms with Crippen LogP contribution in [0.15, 0.2) is 75.2 Å². The minimum absolute atomic E-state index is 0.218. The molecule has 4 rings (SSSR count). The van der Waals surface area contributed by atoms with Crippen molar-refractivity contribution < 1.29 is 0 Å². The Hall–Kier alpha value is -3.87. The number of hydrogen-bond acceptors (Lipinski definition) is 3. The number of aryl methyl sites for hydroxylation is 2. The van der Waals surface area contributed by atoms with Gasteiger partial charge in [0.2, 0.25) is 0 Å². The molecule has 2 aromatic carbocycles. The van der Waals surface area contributed by atoms with Gasteiger partial charge < -0.3 is 0 Å². The second-order valence-electron chi connectivity index (χ2n) is 6.45. The first-order valence-corrected chi connectivity index (χ1v) is 8.84. The van der Waals surface area contributed by atoms with Gasteiger partial charge in [0.15, 0.2) is 5.69 Å². The fourth-order valence-corrected chi connectivity index (χ4v) is 3.05. The van der Waals surface area contributed by atoms with E-state index < -0.39 is 0 Å². The van der Waals surface area contributed by atoms with Crippen LogP contribution in [0.2, 0.25) is 0 Å². The van der Waals surface area contributed by atoms with Crippen LogP contribution in [0.1, 0.15) is 17.0 Å². The molecule has 0 unspecified atom stereocenters. The molecule has 2 heterocycles. The van der Waals surface area contributed by atoms with Crippen molar-refractivity contribution in [3.63, 3.8) is 0 Å². The topological polar surface area (TPSA) is 87.9 Å². The minimum atomic E-state index is -0.267. The van der Waals surface area contributed by atoms with Gasteiger partial charge in [-0.2, -0.15) is 0 Å². The van der Waals surface area contributed by atoms with Crippen molar-refractivity contribution in [2.75, 3.05) is 0 Å². The molecule has 140 valence electrons. The summed E-state index contributed by atoms with van der Waals surface area (Å²) >= 11 is 0. The molecule has 28 heavy (non-hydrogen) atoms. The summed E-state index contributed by atoms with van der Waals surface area (Å²) in [5.41, 5.74) is 2.96. The van der Waals surface area contributed by atoms with E-state index in [0.717, 1.165) is 11.4 Å². The standard InChI is InChI=1S/C21H19N5O2/c1-14-18(20(27)25(23-14)16-9-5-3-6-10-16)13-22-19-15(2)24-26(21(19)28)17-11-7-4-8-12-17/h3-13,23-24H,1-2H3. The zero-order valence-corrected chi connectivity index (χ0v) is 15.5. The number of aromatic amines is 2. The highest BCUT2D eigenvalue weighted by Gasteiger charge is 2.13. The molecule has 0 radical (unpaired) electrons. The second-order valence-corrected chi connectivity index (χ2v) is 6.45. The average Bonchev–Trinajstić information content (AvgIpc) is 3.17. The van der Waals surface area contributed by atoms with Crippen LogP contribution in [-0.2, 0) is 0 Å². The number of rotatable bonds is 4. The molecule has 0 bridgehead atoms. The van der Waals surface area contributed by atoms with Gasteiger partial charge in [-0.15, -0.1) is 0 Å². The highest BCUT2D eigenvalue weighted by Crippen LogP contribution is 2.14. The van der Waals surface area contributed by atoms with Crippen molar-refractivity contribution in [2.24, 2.45) is 4.99 Å². The van der Waals surface area contributed by atoms with Crippen LogP contribution >= 0.6 is 0 Å². The van der Waals surface area contributed by atoms with E-state index in [9.17, 15) is 9.59 Å². The molecule has 0 fully saturated rings. The largest absolute Gasteiger partial charge is 0.297 e. The van der Waals surface area contributed by atoms with Crippen molar-refractivity contribution in [2.45, 2.75) is 13.8 Å². The highest BCUT2D eigenvalue weighted by atomic mass is 16.1. The van der Waals surface area contributed by atoms with Crippen molar-refractivity contribution in [1.29, 1.82) is 0 Å². The van der Waals surface area contributed by atoms with Gasteiger partial charge in [-0.25, -0.2) is 14.4 Å². The Balaban J connectivity index is 1.74. The SMILES string of the molecule is Cc1[nH]n(-c2ccccc2)c(=O)c1C=Nc1c(C)[nH]n(-c2ccccc2)c1=O. The lowest BCUT2D eigenvalue weighted by atomic mass is 10.3. The summed E-state index contributed by atoms with van der Waals surface area (Å²) in [4.78, 5) is 29.8. The number of nitrogens with zero attached hydrogens (tertiary/aromatic N) is 3. The summed E-state index contributed by atoms with van der Waals surface area (Å²) < 4.78 is 2.90. The van der Waals surface area contributed by atoms with Crippen LogP contribution in [0, 0.1) is 13.8 Å². The summed E-state index contributed by atoms with van der Waals surface area (Å²) in [7, 11) is 0. The smallest absolute Gasteiger partial charge is 0.295 e. The van der Waals surface area contributed by atoms with Gasteiger partial charge in [0, 0.05) is 11.9 Å². The van der Waals surface area contributed by atoms with Gasteiger partial charge in [-0.05, 0) is 38.1 Å². The molecule has 2 aromatic heterocycles. The molecular weight excluding hydrogens is 354 g/mol. The van der Waals surface area contributed by atoms with E-state index in [1.54, 1.807) is 13.8 Å². The Morgan fingerprint density at radius 3 is 1.82 bits per heavy atom. The summed E-state index contributed by atoms with van der Waals surface area (Å²) in [5.74, 6) is 0. The quantitative estimate of drug-likeness (QED) is 0.539. The number of aromatic nitrogens is 4.